The van der Waals surface area contributed by atoms with Crippen molar-refractivity contribution in [1.29, 1.82) is 0 Å². The minimum Gasteiger partial charge on any atom is -0.494 e. The Bertz CT molecular complexity index is 2270. The molecule has 7 rings (SSSR count). The van der Waals surface area contributed by atoms with Crippen LogP contribution in [0.5, 0.6) is 5.75 Å². The molecule has 2 heterocycles. The first-order chi connectivity index (χ1) is 27.3. The predicted molar refractivity (Wildman–Crippen MR) is 221 cm³/mol. The zero-order valence-corrected chi connectivity index (χ0v) is 31.7. The molecule has 0 saturated heterocycles. The minimum atomic E-state index is -0.957. The number of rotatable bonds is 16. The van der Waals surface area contributed by atoms with Gasteiger partial charge in [0, 0.05) is 17.6 Å². The molecule has 7 aromatic rings. The van der Waals surface area contributed by atoms with E-state index in [2.05, 4.69) is 67.2 Å². The summed E-state index contributed by atoms with van der Waals surface area (Å²) in [5.74, 6) is 0.610. The Kier molecular flexibility index (Phi) is 11.6. The molecule has 56 heavy (non-hydrogen) atoms. The van der Waals surface area contributed by atoms with Gasteiger partial charge in [-0.25, -0.2) is 14.1 Å². The third kappa shape index (κ3) is 8.23. The molecular formula is C45H45FN8O2. The summed E-state index contributed by atoms with van der Waals surface area (Å²) in [7, 11) is 4.03. The highest BCUT2D eigenvalue weighted by Gasteiger charge is 2.41. The predicted octanol–water partition coefficient (Wildman–Crippen LogP) is 8.49. The highest BCUT2D eigenvalue weighted by molar-refractivity contribution is 6.02. The molecule has 1 amide bonds. The van der Waals surface area contributed by atoms with E-state index in [4.69, 9.17) is 9.84 Å². The van der Waals surface area contributed by atoms with Crippen molar-refractivity contribution < 1.29 is 13.9 Å². The molecule has 0 radical (unpaired) electrons. The van der Waals surface area contributed by atoms with Crippen molar-refractivity contribution in [3.05, 3.63) is 168 Å². The van der Waals surface area contributed by atoms with Crippen LogP contribution >= 0.6 is 0 Å². The van der Waals surface area contributed by atoms with E-state index in [0.717, 1.165) is 52.7 Å². The molecular weight excluding hydrogens is 704 g/mol. The van der Waals surface area contributed by atoms with Gasteiger partial charge in [0.25, 0.3) is 0 Å². The molecule has 0 bridgehead atoms. The van der Waals surface area contributed by atoms with Crippen LogP contribution in [0.15, 0.2) is 140 Å². The molecule has 0 aliphatic heterocycles. The van der Waals surface area contributed by atoms with Crippen molar-refractivity contribution >= 4 is 40.1 Å². The summed E-state index contributed by atoms with van der Waals surface area (Å²) < 4.78 is 22.8. The smallest absolute Gasteiger partial charge is 0.230 e. The number of nitrogens with zero attached hydrogens (tertiary/aromatic N) is 5. The van der Waals surface area contributed by atoms with Crippen LogP contribution in [0.2, 0.25) is 0 Å². The summed E-state index contributed by atoms with van der Waals surface area (Å²) in [5.41, 5.74) is 4.10. The maximum absolute atomic E-state index is 15.2. The van der Waals surface area contributed by atoms with Gasteiger partial charge in [-0.2, -0.15) is 10.1 Å². The highest BCUT2D eigenvalue weighted by atomic mass is 19.1. The largest absolute Gasteiger partial charge is 0.494 e. The van der Waals surface area contributed by atoms with Crippen LogP contribution in [0.3, 0.4) is 0 Å². The van der Waals surface area contributed by atoms with Crippen LogP contribution < -0.4 is 20.7 Å². The Balaban J connectivity index is 1.34. The van der Waals surface area contributed by atoms with Gasteiger partial charge in [0.1, 0.15) is 11.3 Å². The lowest BCUT2D eigenvalue weighted by Gasteiger charge is -2.37. The number of carbonyl (C=O) groups excluding carboxylic acids is 1. The van der Waals surface area contributed by atoms with E-state index in [-0.39, 0.29) is 18.1 Å². The standard InChI is InChI=1S/C45H45FN8O2/c1-4-56-37-24-21-32(22-25-37)29-41(55)50-42-38-30-36(49-43-39(46)31-48-44(51-43)47-27-14-28-53(2)3)23-26-40(38)54(52-42)45(33-15-8-5-9-16-33,34-17-10-6-11-18-34)35-19-12-7-13-20-35/h5-13,15-26,30-31H,4,14,27-29H2,1-3H3,(H,50,52,55)(H2,47,48,49,51). The second-order valence-electron chi connectivity index (χ2n) is 13.7. The summed E-state index contributed by atoms with van der Waals surface area (Å²) in [6.07, 6.45) is 2.15. The number of hydrogen-bond acceptors (Lipinski definition) is 8. The molecule has 0 aliphatic rings. The van der Waals surface area contributed by atoms with Crippen LogP contribution in [0, 0.1) is 5.82 Å². The number of anilines is 4. The van der Waals surface area contributed by atoms with Crippen molar-refractivity contribution in [2.24, 2.45) is 0 Å². The van der Waals surface area contributed by atoms with Gasteiger partial charge in [0.2, 0.25) is 11.9 Å². The number of carbonyl (C=O) groups is 1. The van der Waals surface area contributed by atoms with E-state index in [1.807, 2.05) is 123 Å². The number of nitrogens with one attached hydrogen (secondary N) is 3. The molecule has 284 valence electrons. The number of benzene rings is 5. The second-order valence-corrected chi connectivity index (χ2v) is 13.7. The fourth-order valence-electron chi connectivity index (χ4n) is 6.95. The summed E-state index contributed by atoms with van der Waals surface area (Å²) in [6, 6.07) is 43.8. The Hall–Kier alpha value is -6.59. The summed E-state index contributed by atoms with van der Waals surface area (Å²) in [4.78, 5) is 24.5. The highest BCUT2D eigenvalue weighted by Crippen LogP contribution is 2.44. The van der Waals surface area contributed by atoms with Gasteiger partial charge < -0.3 is 25.6 Å². The first-order valence-electron chi connectivity index (χ1n) is 18.7. The monoisotopic (exact) mass is 748 g/mol. The Morgan fingerprint density at radius 3 is 2.04 bits per heavy atom. The zero-order chi connectivity index (χ0) is 38.9. The van der Waals surface area contributed by atoms with Gasteiger partial charge >= 0.3 is 0 Å². The van der Waals surface area contributed by atoms with Crippen molar-refractivity contribution in [3.8, 4) is 5.75 Å². The van der Waals surface area contributed by atoms with Crippen LogP contribution in [0.1, 0.15) is 35.6 Å². The maximum atomic E-state index is 15.2. The molecule has 0 aliphatic carbocycles. The molecule has 0 unspecified atom stereocenters. The van der Waals surface area contributed by atoms with E-state index in [1.54, 1.807) is 0 Å². The number of hydrogen-bond donors (Lipinski definition) is 3. The minimum absolute atomic E-state index is 0.0233. The Morgan fingerprint density at radius 1 is 0.821 bits per heavy atom. The van der Waals surface area contributed by atoms with Crippen molar-refractivity contribution in [2.45, 2.75) is 25.3 Å². The topological polar surface area (TPSA) is 109 Å². The number of fused-ring (bicyclic) bond motifs is 1. The third-order valence-electron chi connectivity index (χ3n) is 9.50. The average Bonchev–Trinajstić information content (AvgIpc) is 3.57. The van der Waals surface area contributed by atoms with E-state index < -0.39 is 11.4 Å². The number of ether oxygens (including phenoxy) is 1. The second kappa shape index (κ2) is 17.3. The summed E-state index contributed by atoms with van der Waals surface area (Å²) in [5, 5.41) is 15.4. The summed E-state index contributed by atoms with van der Waals surface area (Å²) >= 11 is 0. The Labute approximate surface area is 326 Å². The summed E-state index contributed by atoms with van der Waals surface area (Å²) in [6.45, 7) is 4.02. The van der Waals surface area contributed by atoms with Gasteiger partial charge in [-0.15, -0.1) is 0 Å². The van der Waals surface area contributed by atoms with Gasteiger partial charge in [-0.05, 0) is 86.6 Å². The fourth-order valence-corrected chi connectivity index (χ4v) is 6.95. The van der Waals surface area contributed by atoms with Gasteiger partial charge in [0.15, 0.2) is 17.5 Å². The lowest BCUT2D eigenvalue weighted by Crippen LogP contribution is -2.38. The lowest BCUT2D eigenvalue weighted by atomic mass is 9.77. The van der Waals surface area contributed by atoms with E-state index in [0.29, 0.717) is 36.0 Å². The normalized spacial score (nSPS) is 11.4. The molecule has 11 heteroatoms. The van der Waals surface area contributed by atoms with E-state index >= 15 is 4.39 Å². The van der Waals surface area contributed by atoms with Crippen molar-refractivity contribution in [3.63, 3.8) is 0 Å². The molecule has 2 aromatic heterocycles. The quantitative estimate of drug-likeness (QED) is 0.0667. The van der Waals surface area contributed by atoms with E-state index in [9.17, 15) is 4.79 Å². The van der Waals surface area contributed by atoms with E-state index in [1.165, 1.54) is 0 Å². The number of amides is 1. The third-order valence-corrected chi connectivity index (χ3v) is 9.50. The van der Waals surface area contributed by atoms with Crippen molar-refractivity contribution in [1.82, 2.24) is 24.6 Å². The molecule has 0 fully saturated rings. The van der Waals surface area contributed by atoms with Gasteiger partial charge in [0.05, 0.1) is 24.7 Å². The maximum Gasteiger partial charge on any atom is 0.230 e. The average molecular weight is 749 g/mol. The van der Waals surface area contributed by atoms with Crippen LogP contribution in [0.4, 0.5) is 27.7 Å². The molecule has 0 atom stereocenters. The molecule has 3 N–H and O–H groups in total. The molecule has 5 aromatic carbocycles. The molecule has 0 saturated carbocycles. The zero-order valence-electron chi connectivity index (χ0n) is 31.7. The number of aromatic nitrogens is 4. The van der Waals surface area contributed by atoms with Gasteiger partial charge in [-0.3, -0.25) is 4.79 Å². The molecule has 0 spiro atoms. The number of halogens is 1. The van der Waals surface area contributed by atoms with Gasteiger partial charge in [-0.1, -0.05) is 103 Å². The Morgan fingerprint density at radius 2 is 1.45 bits per heavy atom. The van der Waals surface area contributed by atoms with Crippen LogP contribution in [-0.2, 0) is 16.8 Å². The van der Waals surface area contributed by atoms with Crippen LogP contribution in [0.25, 0.3) is 10.9 Å². The van der Waals surface area contributed by atoms with Crippen LogP contribution in [-0.4, -0.2) is 64.3 Å². The SMILES string of the molecule is CCOc1ccc(CC(=O)Nc2nn(C(c3ccccc3)(c3ccccc3)c3ccccc3)c3ccc(Nc4nc(NCCCN(C)C)ncc4F)cc23)cc1. The lowest BCUT2D eigenvalue weighted by molar-refractivity contribution is -0.115. The first kappa shape index (κ1) is 37.7. The van der Waals surface area contributed by atoms with Crippen molar-refractivity contribution in [2.75, 3.05) is 49.7 Å². The fraction of sp³-hybridized carbons (Fsp3) is 0.200. The molecule has 10 nitrogen and oxygen atoms in total. The first-order valence-corrected chi connectivity index (χ1v) is 18.7.